The summed E-state index contributed by atoms with van der Waals surface area (Å²) in [5.41, 5.74) is -0.465. The minimum absolute atomic E-state index is 0.0750. The van der Waals surface area contributed by atoms with Gasteiger partial charge in [0.1, 0.15) is 0 Å². The molecule has 0 aromatic heterocycles. The van der Waals surface area contributed by atoms with Crippen molar-refractivity contribution in [2.75, 3.05) is 25.5 Å². The Labute approximate surface area is 115 Å². The van der Waals surface area contributed by atoms with Crippen molar-refractivity contribution < 1.29 is 23.1 Å². The van der Waals surface area contributed by atoms with Crippen LogP contribution >= 0.6 is 0 Å². The molecule has 0 saturated carbocycles. The van der Waals surface area contributed by atoms with E-state index in [2.05, 4.69) is 5.32 Å². The van der Waals surface area contributed by atoms with Gasteiger partial charge in [-0.25, -0.2) is 0 Å². The van der Waals surface area contributed by atoms with Crippen molar-refractivity contribution in [1.82, 2.24) is 4.90 Å². The number of carbonyl (C=O) groups excluding carboxylic acids is 1. The lowest BCUT2D eigenvalue weighted by molar-refractivity contribution is -0.137. The molecule has 0 aliphatic rings. The number of anilines is 1. The SMILES string of the molecule is CC(C(=O)Nc1ccc(C(F)(F)F)cc1)N(C)CCO. The number of likely N-dealkylation sites (N-methyl/N-ethyl adjacent to an activating group) is 1. The number of carbonyl (C=O) groups is 1. The number of alkyl halides is 3. The van der Waals surface area contributed by atoms with E-state index in [1.54, 1.807) is 18.9 Å². The molecule has 20 heavy (non-hydrogen) atoms. The third kappa shape index (κ3) is 4.50. The number of aliphatic hydroxyl groups excluding tert-OH is 1. The number of nitrogens with zero attached hydrogens (tertiary/aromatic N) is 1. The highest BCUT2D eigenvalue weighted by molar-refractivity contribution is 5.94. The summed E-state index contributed by atoms with van der Waals surface area (Å²) in [5.74, 6) is -0.347. The van der Waals surface area contributed by atoms with Crippen molar-refractivity contribution in [2.24, 2.45) is 0 Å². The Balaban J connectivity index is 2.67. The summed E-state index contributed by atoms with van der Waals surface area (Å²) in [4.78, 5) is 13.5. The van der Waals surface area contributed by atoms with Gasteiger partial charge >= 0.3 is 6.18 Å². The Morgan fingerprint density at radius 1 is 1.35 bits per heavy atom. The van der Waals surface area contributed by atoms with Gasteiger partial charge in [0.05, 0.1) is 18.2 Å². The lowest BCUT2D eigenvalue weighted by Gasteiger charge is -2.22. The third-order valence-electron chi connectivity index (χ3n) is 2.97. The van der Waals surface area contributed by atoms with Crippen LogP contribution in [0, 0.1) is 0 Å². The van der Waals surface area contributed by atoms with Gasteiger partial charge in [0.15, 0.2) is 0 Å². The van der Waals surface area contributed by atoms with Gasteiger partial charge in [-0.05, 0) is 38.2 Å². The van der Waals surface area contributed by atoms with E-state index in [0.29, 0.717) is 12.2 Å². The molecule has 112 valence electrons. The predicted molar refractivity (Wildman–Crippen MR) is 69.3 cm³/mol. The molecule has 4 nitrogen and oxygen atoms in total. The summed E-state index contributed by atoms with van der Waals surface area (Å²) >= 11 is 0. The highest BCUT2D eigenvalue weighted by Crippen LogP contribution is 2.29. The van der Waals surface area contributed by atoms with Gasteiger partial charge in [-0.2, -0.15) is 13.2 Å². The maximum atomic E-state index is 12.4. The summed E-state index contributed by atoms with van der Waals surface area (Å²) < 4.78 is 37.1. The maximum absolute atomic E-state index is 12.4. The summed E-state index contributed by atoms with van der Waals surface area (Å²) in [6.07, 6.45) is -4.39. The maximum Gasteiger partial charge on any atom is 0.416 e. The van der Waals surface area contributed by atoms with Crippen LogP contribution in [-0.4, -0.2) is 42.2 Å². The van der Waals surface area contributed by atoms with E-state index >= 15 is 0 Å². The van der Waals surface area contributed by atoms with Crippen LogP contribution in [0.3, 0.4) is 0 Å². The summed E-state index contributed by atoms with van der Waals surface area (Å²) in [7, 11) is 1.67. The Bertz CT molecular complexity index is 446. The lowest BCUT2D eigenvalue weighted by Crippen LogP contribution is -2.40. The fraction of sp³-hybridized carbons (Fsp3) is 0.462. The van der Waals surface area contributed by atoms with Crippen LogP contribution in [0.25, 0.3) is 0 Å². The van der Waals surface area contributed by atoms with Crippen molar-refractivity contribution >= 4 is 11.6 Å². The summed E-state index contributed by atoms with van der Waals surface area (Å²) in [6, 6.07) is 3.75. The fourth-order valence-electron chi connectivity index (χ4n) is 1.54. The first kappa shape index (κ1) is 16.5. The van der Waals surface area contributed by atoms with E-state index in [1.807, 2.05) is 0 Å². The molecule has 2 N–H and O–H groups in total. The monoisotopic (exact) mass is 290 g/mol. The van der Waals surface area contributed by atoms with Gasteiger partial charge in [-0.15, -0.1) is 0 Å². The van der Waals surface area contributed by atoms with Crippen LogP contribution in [0.15, 0.2) is 24.3 Å². The molecule has 0 aliphatic heterocycles. The van der Waals surface area contributed by atoms with Crippen molar-refractivity contribution in [1.29, 1.82) is 0 Å². The number of benzene rings is 1. The number of hydrogen-bond acceptors (Lipinski definition) is 3. The molecule has 1 amide bonds. The highest BCUT2D eigenvalue weighted by Gasteiger charge is 2.30. The molecule has 1 unspecified atom stereocenters. The number of aliphatic hydroxyl groups is 1. The quantitative estimate of drug-likeness (QED) is 0.871. The van der Waals surface area contributed by atoms with Crippen LogP contribution in [0.2, 0.25) is 0 Å². The molecule has 0 spiro atoms. The van der Waals surface area contributed by atoms with E-state index in [-0.39, 0.29) is 12.5 Å². The number of hydrogen-bond donors (Lipinski definition) is 2. The normalized spacial score (nSPS) is 13.3. The minimum Gasteiger partial charge on any atom is -0.395 e. The average molecular weight is 290 g/mol. The van der Waals surface area contributed by atoms with Crippen molar-refractivity contribution in [3.8, 4) is 0 Å². The van der Waals surface area contributed by atoms with E-state index in [9.17, 15) is 18.0 Å². The number of amides is 1. The molecule has 0 fully saturated rings. The first-order chi connectivity index (χ1) is 9.25. The molecule has 0 bridgehead atoms. The smallest absolute Gasteiger partial charge is 0.395 e. The third-order valence-corrected chi connectivity index (χ3v) is 2.97. The molecule has 1 rings (SSSR count). The topological polar surface area (TPSA) is 52.6 Å². The Morgan fingerprint density at radius 2 is 1.90 bits per heavy atom. The van der Waals surface area contributed by atoms with Gasteiger partial charge < -0.3 is 10.4 Å². The second kappa shape index (κ2) is 6.71. The van der Waals surface area contributed by atoms with Gasteiger partial charge in [0.2, 0.25) is 5.91 Å². The summed E-state index contributed by atoms with van der Waals surface area (Å²) in [5, 5.41) is 11.3. The predicted octanol–water partition coefficient (Wildman–Crippen LogP) is 1.96. The van der Waals surface area contributed by atoms with E-state index in [4.69, 9.17) is 5.11 Å². The second-order valence-electron chi connectivity index (χ2n) is 4.44. The summed E-state index contributed by atoms with van der Waals surface area (Å²) in [6.45, 7) is 1.91. The Morgan fingerprint density at radius 3 is 2.35 bits per heavy atom. The lowest BCUT2D eigenvalue weighted by atomic mass is 10.2. The average Bonchev–Trinajstić information content (AvgIpc) is 2.37. The molecule has 1 aromatic carbocycles. The van der Waals surface area contributed by atoms with Crippen LogP contribution < -0.4 is 5.32 Å². The first-order valence-electron chi connectivity index (χ1n) is 6.05. The van der Waals surface area contributed by atoms with E-state index < -0.39 is 17.8 Å². The number of rotatable bonds is 5. The van der Waals surface area contributed by atoms with Crippen LogP contribution in [0.5, 0.6) is 0 Å². The molecule has 1 aromatic rings. The largest absolute Gasteiger partial charge is 0.416 e. The molecule has 7 heteroatoms. The van der Waals surface area contributed by atoms with E-state index in [0.717, 1.165) is 12.1 Å². The molecule has 0 saturated heterocycles. The first-order valence-corrected chi connectivity index (χ1v) is 6.05. The van der Waals surface area contributed by atoms with Gasteiger partial charge in [0, 0.05) is 12.2 Å². The Hall–Kier alpha value is -1.60. The Kier molecular flexibility index (Phi) is 5.52. The molecule has 0 heterocycles. The molecular formula is C13H17F3N2O2. The second-order valence-corrected chi connectivity index (χ2v) is 4.44. The van der Waals surface area contributed by atoms with Gasteiger partial charge in [-0.1, -0.05) is 0 Å². The highest BCUT2D eigenvalue weighted by atomic mass is 19.4. The number of halogens is 3. The zero-order valence-electron chi connectivity index (χ0n) is 11.2. The van der Waals surface area contributed by atoms with Gasteiger partial charge in [0.25, 0.3) is 0 Å². The molecule has 0 radical (unpaired) electrons. The zero-order valence-corrected chi connectivity index (χ0v) is 11.2. The van der Waals surface area contributed by atoms with E-state index in [1.165, 1.54) is 12.1 Å². The van der Waals surface area contributed by atoms with Crippen molar-refractivity contribution in [3.05, 3.63) is 29.8 Å². The van der Waals surface area contributed by atoms with Gasteiger partial charge in [-0.3, -0.25) is 9.69 Å². The minimum atomic E-state index is -4.39. The molecular weight excluding hydrogens is 273 g/mol. The zero-order chi connectivity index (χ0) is 15.3. The van der Waals surface area contributed by atoms with Crippen LogP contribution in [0.1, 0.15) is 12.5 Å². The van der Waals surface area contributed by atoms with Crippen LogP contribution in [-0.2, 0) is 11.0 Å². The molecule has 1 atom stereocenters. The fourth-order valence-corrected chi connectivity index (χ4v) is 1.54. The molecule has 0 aliphatic carbocycles. The van der Waals surface area contributed by atoms with Crippen LogP contribution in [0.4, 0.5) is 18.9 Å². The number of nitrogens with one attached hydrogen (secondary N) is 1. The van der Waals surface area contributed by atoms with Crippen molar-refractivity contribution in [2.45, 2.75) is 19.1 Å². The van der Waals surface area contributed by atoms with Crippen molar-refractivity contribution in [3.63, 3.8) is 0 Å². The standard InChI is InChI=1S/C13H17F3N2O2/c1-9(18(2)7-8-19)12(20)17-11-5-3-10(4-6-11)13(14,15)16/h3-6,9,19H,7-8H2,1-2H3,(H,17,20).